The maximum absolute atomic E-state index is 12.4. The number of rotatable bonds is 6. The lowest BCUT2D eigenvalue weighted by molar-refractivity contribution is 0.587. The summed E-state index contributed by atoms with van der Waals surface area (Å²) in [4.78, 5) is 10.5. The number of anilines is 4. The summed E-state index contributed by atoms with van der Waals surface area (Å²) in [6.45, 7) is 3.76. The maximum atomic E-state index is 12.4. The predicted molar refractivity (Wildman–Crippen MR) is 111 cm³/mol. The van der Waals surface area contributed by atoms with Crippen LogP contribution in [0.5, 0.6) is 0 Å². The normalized spacial score (nSPS) is 11.2. The first kappa shape index (κ1) is 19.9. The molecule has 5 N–H and O–H groups in total. The number of aryl methyl sites for hydroxylation is 2. The van der Waals surface area contributed by atoms with Crippen molar-refractivity contribution in [2.75, 3.05) is 16.5 Å². The second kappa shape index (κ2) is 8.01. The highest BCUT2D eigenvalue weighted by Gasteiger charge is 2.16. The Hall–Kier alpha value is -2.88. The summed E-state index contributed by atoms with van der Waals surface area (Å²) in [6, 6.07) is 11.8. The van der Waals surface area contributed by atoms with Crippen LogP contribution in [0.4, 0.5) is 23.0 Å². The van der Waals surface area contributed by atoms with E-state index in [-0.39, 0.29) is 16.4 Å². The van der Waals surface area contributed by atoms with Crippen molar-refractivity contribution in [2.24, 2.45) is 0 Å². The highest BCUT2D eigenvalue weighted by atomic mass is 35.5. The van der Waals surface area contributed by atoms with E-state index in [0.29, 0.717) is 10.8 Å². The summed E-state index contributed by atoms with van der Waals surface area (Å²) in [5.41, 5.74) is 11.4. The molecule has 2 aromatic carbocycles. The lowest BCUT2D eigenvalue weighted by Crippen LogP contribution is -2.30. The minimum Gasteiger partial charge on any atom is -0.393 e. The summed E-state index contributed by atoms with van der Waals surface area (Å²) in [5, 5.41) is 3.71. The van der Waals surface area contributed by atoms with Crippen LogP contribution in [0.15, 0.2) is 53.7 Å². The van der Waals surface area contributed by atoms with Crippen LogP contribution in [0.3, 0.4) is 0 Å². The molecule has 8 nitrogen and oxygen atoms in total. The van der Waals surface area contributed by atoms with Gasteiger partial charge in [-0.1, -0.05) is 29.3 Å². The molecular formula is C18H19ClN6O2S. The second-order valence-corrected chi connectivity index (χ2v) is 8.23. The molecule has 0 saturated carbocycles. The summed E-state index contributed by atoms with van der Waals surface area (Å²) in [7, 11) is -3.79. The molecule has 10 heteroatoms. The molecule has 146 valence electrons. The number of sulfonamides is 1. The summed E-state index contributed by atoms with van der Waals surface area (Å²) in [6.07, 6.45) is 1.27. The number of hydrazine groups is 1. The van der Waals surface area contributed by atoms with Gasteiger partial charge in [0.25, 0.3) is 10.0 Å². The van der Waals surface area contributed by atoms with Gasteiger partial charge in [0.05, 0.1) is 4.90 Å². The first-order chi connectivity index (χ1) is 13.3. The SMILES string of the molecule is Cc1ccc(S(=O)(=O)NNc2ncnc(Nc3ccc(Cl)cc3C)c2N)cc1. The molecule has 1 aromatic heterocycles. The quantitative estimate of drug-likeness (QED) is 0.452. The number of nitrogen functional groups attached to an aromatic ring is 1. The molecule has 1 heterocycles. The molecule has 28 heavy (non-hydrogen) atoms. The summed E-state index contributed by atoms with van der Waals surface area (Å²) in [5.74, 6) is 0.456. The van der Waals surface area contributed by atoms with Crippen LogP contribution in [0.2, 0.25) is 5.02 Å². The molecule has 0 unspecified atom stereocenters. The number of halogens is 1. The molecule has 0 atom stereocenters. The Morgan fingerprint density at radius 2 is 1.68 bits per heavy atom. The Balaban J connectivity index is 1.78. The van der Waals surface area contributed by atoms with Crippen LogP contribution in [0.25, 0.3) is 0 Å². The van der Waals surface area contributed by atoms with E-state index < -0.39 is 10.0 Å². The van der Waals surface area contributed by atoms with Gasteiger partial charge < -0.3 is 11.1 Å². The molecule has 0 fully saturated rings. The van der Waals surface area contributed by atoms with E-state index in [1.165, 1.54) is 18.5 Å². The Bertz CT molecular complexity index is 1100. The number of hydrogen-bond donors (Lipinski definition) is 4. The number of hydrogen-bond acceptors (Lipinski definition) is 7. The molecule has 0 bridgehead atoms. The number of aromatic nitrogens is 2. The average Bonchev–Trinajstić information content (AvgIpc) is 2.65. The first-order valence-electron chi connectivity index (χ1n) is 8.24. The molecule has 0 aliphatic rings. The molecule has 0 saturated heterocycles. The zero-order valence-electron chi connectivity index (χ0n) is 15.2. The maximum Gasteiger partial charge on any atom is 0.257 e. The molecule has 0 spiro atoms. The van der Waals surface area contributed by atoms with Crippen LogP contribution in [-0.2, 0) is 10.0 Å². The lowest BCUT2D eigenvalue weighted by atomic mass is 10.2. The predicted octanol–water partition coefficient (Wildman–Crippen LogP) is 3.38. The molecule has 0 amide bonds. The monoisotopic (exact) mass is 418 g/mol. The Labute approximate surface area is 168 Å². The van der Waals surface area contributed by atoms with E-state index in [9.17, 15) is 8.42 Å². The molecule has 3 rings (SSSR count). The topological polar surface area (TPSA) is 122 Å². The average molecular weight is 419 g/mol. The fraction of sp³-hybridized carbons (Fsp3) is 0.111. The van der Waals surface area contributed by atoms with Gasteiger partial charge in [-0.25, -0.2) is 18.4 Å². The van der Waals surface area contributed by atoms with Crippen LogP contribution < -0.4 is 21.3 Å². The molecular weight excluding hydrogens is 400 g/mol. The van der Waals surface area contributed by atoms with Crippen molar-refractivity contribution >= 4 is 44.6 Å². The zero-order valence-corrected chi connectivity index (χ0v) is 16.8. The second-order valence-electron chi connectivity index (χ2n) is 6.11. The Kier molecular flexibility index (Phi) is 5.68. The Morgan fingerprint density at radius 1 is 1.00 bits per heavy atom. The number of nitrogens with two attached hydrogens (primary N) is 1. The van der Waals surface area contributed by atoms with Crippen molar-refractivity contribution in [3.05, 3.63) is 64.9 Å². The van der Waals surface area contributed by atoms with E-state index >= 15 is 0 Å². The van der Waals surface area contributed by atoms with Crippen molar-refractivity contribution < 1.29 is 8.42 Å². The third kappa shape index (κ3) is 4.50. The standard InChI is InChI=1S/C18H19ClN6O2S/c1-11-3-6-14(7-4-11)28(26,27)25-24-18-16(20)17(21-10-22-18)23-15-8-5-13(19)9-12(15)2/h3-10,25H,20H2,1-2H3,(H2,21,22,23,24). The van der Waals surface area contributed by atoms with E-state index in [2.05, 4.69) is 25.5 Å². The van der Waals surface area contributed by atoms with Crippen LogP contribution in [0, 0.1) is 13.8 Å². The van der Waals surface area contributed by atoms with Gasteiger partial charge in [-0.05, 0) is 49.7 Å². The zero-order chi connectivity index (χ0) is 20.3. The number of benzene rings is 2. The molecule has 0 aliphatic heterocycles. The van der Waals surface area contributed by atoms with Gasteiger partial charge in [0.1, 0.15) is 12.0 Å². The minimum absolute atomic E-state index is 0.119. The summed E-state index contributed by atoms with van der Waals surface area (Å²) >= 11 is 5.97. The van der Waals surface area contributed by atoms with E-state index in [0.717, 1.165) is 16.8 Å². The highest BCUT2D eigenvalue weighted by Crippen LogP contribution is 2.28. The van der Waals surface area contributed by atoms with E-state index in [1.807, 2.05) is 13.8 Å². The van der Waals surface area contributed by atoms with Crippen molar-refractivity contribution in [3.8, 4) is 0 Å². The van der Waals surface area contributed by atoms with Gasteiger partial charge in [0.15, 0.2) is 11.6 Å². The fourth-order valence-corrected chi connectivity index (χ4v) is 3.45. The van der Waals surface area contributed by atoms with Gasteiger partial charge in [0, 0.05) is 10.7 Å². The molecule has 0 radical (unpaired) electrons. The van der Waals surface area contributed by atoms with Gasteiger partial charge in [-0.3, -0.25) is 5.43 Å². The van der Waals surface area contributed by atoms with Gasteiger partial charge in [-0.15, -0.1) is 4.83 Å². The van der Waals surface area contributed by atoms with Crippen molar-refractivity contribution in [3.63, 3.8) is 0 Å². The largest absolute Gasteiger partial charge is 0.393 e. The minimum atomic E-state index is -3.79. The van der Waals surface area contributed by atoms with Crippen molar-refractivity contribution in [1.82, 2.24) is 14.8 Å². The molecule has 0 aliphatic carbocycles. The van der Waals surface area contributed by atoms with Crippen molar-refractivity contribution in [2.45, 2.75) is 18.7 Å². The van der Waals surface area contributed by atoms with Crippen molar-refractivity contribution in [1.29, 1.82) is 0 Å². The van der Waals surface area contributed by atoms with Crippen LogP contribution >= 0.6 is 11.6 Å². The fourth-order valence-electron chi connectivity index (χ4n) is 2.38. The third-order valence-electron chi connectivity index (χ3n) is 3.96. The van der Waals surface area contributed by atoms with Crippen LogP contribution in [0.1, 0.15) is 11.1 Å². The third-order valence-corrected chi connectivity index (χ3v) is 5.46. The van der Waals surface area contributed by atoms with Gasteiger partial charge >= 0.3 is 0 Å². The van der Waals surface area contributed by atoms with Gasteiger partial charge in [0.2, 0.25) is 0 Å². The molecule has 3 aromatic rings. The highest BCUT2D eigenvalue weighted by molar-refractivity contribution is 7.89. The van der Waals surface area contributed by atoms with E-state index in [4.69, 9.17) is 17.3 Å². The number of nitrogens with one attached hydrogen (secondary N) is 3. The van der Waals surface area contributed by atoms with E-state index in [1.54, 1.807) is 30.3 Å². The summed E-state index contributed by atoms with van der Waals surface area (Å²) < 4.78 is 24.8. The van der Waals surface area contributed by atoms with Crippen LogP contribution in [-0.4, -0.2) is 18.4 Å². The first-order valence-corrected chi connectivity index (χ1v) is 10.1. The lowest BCUT2D eigenvalue weighted by Gasteiger charge is -2.14. The number of nitrogens with zero attached hydrogens (tertiary/aromatic N) is 2. The Morgan fingerprint density at radius 3 is 2.36 bits per heavy atom. The van der Waals surface area contributed by atoms with Gasteiger partial charge in [-0.2, -0.15) is 0 Å². The smallest absolute Gasteiger partial charge is 0.257 e.